The van der Waals surface area contributed by atoms with Crippen LogP contribution in [0.5, 0.6) is 0 Å². The Morgan fingerprint density at radius 2 is 2.29 bits per heavy atom. The molecule has 2 rings (SSSR count). The largest absolute Gasteiger partial charge is 0.461 e. The van der Waals surface area contributed by atoms with Crippen LogP contribution in [-0.2, 0) is 4.74 Å². The molecule has 0 spiro atoms. The fourth-order valence-corrected chi connectivity index (χ4v) is 1.91. The van der Waals surface area contributed by atoms with Gasteiger partial charge in [-0.2, -0.15) is 0 Å². The van der Waals surface area contributed by atoms with Crippen molar-refractivity contribution in [1.29, 1.82) is 0 Å². The number of ether oxygens (including phenoxy) is 1. The Morgan fingerprint density at radius 3 is 2.94 bits per heavy atom. The highest BCUT2D eigenvalue weighted by Crippen LogP contribution is 2.37. The number of hydrogen-bond donors (Lipinski definition) is 1. The van der Waals surface area contributed by atoms with Gasteiger partial charge in [0.15, 0.2) is 0 Å². The molecule has 0 saturated heterocycles. The maximum Gasteiger partial charge on any atom is 0.355 e. The minimum Gasteiger partial charge on any atom is -0.461 e. The minimum absolute atomic E-state index is 0.246. The lowest BCUT2D eigenvalue weighted by Gasteiger charge is -2.07. The molecule has 0 atom stereocenters. The van der Waals surface area contributed by atoms with E-state index >= 15 is 0 Å². The molecule has 17 heavy (non-hydrogen) atoms. The van der Waals surface area contributed by atoms with Gasteiger partial charge in [0, 0.05) is 12.2 Å². The number of esters is 1. The summed E-state index contributed by atoms with van der Waals surface area (Å²) in [6.45, 7) is 2.63. The van der Waals surface area contributed by atoms with Gasteiger partial charge in [-0.15, -0.1) is 0 Å². The van der Waals surface area contributed by atoms with Crippen LogP contribution in [0.4, 0.5) is 5.69 Å². The summed E-state index contributed by atoms with van der Waals surface area (Å²) in [6.07, 6.45) is 7.25. The van der Waals surface area contributed by atoms with E-state index < -0.39 is 0 Å². The zero-order chi connectivity index (χ0) is 12.3. The van der Waals surface area contributed by atoms with Crippen molar-refractivity contribution in [1.82, 2.24) is 4.57 Å². The monoisotopic (exact) mass is 236 g/mol. The van der Waals surface area contributed by atoms with Crippen molar-refractivity contribution in [3.05, 3.63) is 18.0 Å². The van der Waals surface area contributed by atoms with Crippen molar-refractivity contribution in [2.45, 2.75) is 45.1 Å². The molecule has 0 unspecified atom stereocenters. The molecule has 1 heterocycles. The zero-order valence-corrected chi connectivity index (χ0v) is 10.3. The highest BCUT2D eigenvalue weighted by molar-refractivity contribution is 5.89. The van der Waals surface area contributed by atoms with E-state index in [9.17, 15) is 4.79 Å². The number of nitrogens with zero attached hydrogens (tertiary/aromatic N) is 1. The summed E-state index contributed by atoms with van der Waals surface area (Å²) in [5.74, 6) is -0.246. The topological polar surface area (TPSA) is 57.2 Å². The highest BCUT2D eigenvalue weighted by atomic mass is 16.5. The number of unbranched alkanes of at least 4 members (excludes halogenated alkanes) is 2. The number of carbonyl (C=O) groups is 1. The standard InChI is InChI=1S/C13H20N2O2/c1-2-3-4-7-17-13(16)12-8-10(14)9-15(12)11-5-6-11/h8-9,11H,2-7,14H2,1H3. The number of nitrogen functional groups attached to an aromatic ring is 1. The summed E-state index contributed by atoms with van der Waals surface area (Å²) < 4.78 is 7.20. The van der Waals surface area contributed by atoms with Gasteiger partial charge in [-0.05, 0) is 25.3 Å². The third-order valence-corrected chi connectivity index (χ3v) is 3.00. The number of rotatable bonds is 6. The van der Waals surface area contributed by atoms with Crippen molar-refractivity contribution < 1.29 is 9.53 Å². The molecule has 4 nitrogen and oxygen atoms in total. The number of carbonyl (C=O) groups excluding carboxylic acids is 1. The first-order chi connectivity index (χ1) is 8.22. The fourth-order valence-electron chi connectivity index (χ4n) is 1.91. The smallest absolute Gasteiger partial charge is 0.355 e. The molecule has 0 aliphatic heterocycles. The van der Waals surface area contributed by atoms with Crippen molar-refractivity contribution in [2.75, 3.05) is 12.3 Å². The Hall–Kier alpha value is -1.45. The first-order valence-corrected chi connectivity index (χ1v) is 6.37. The Kier molecular flexibility index (Phi) is 3.71. The second-order valence-electron chi connectivity index (χ2n) is 4.64. The normalized spacial score (nSPS) is 14.9. The van der Waals surface area contributed by atoms with Gasteiger partial charge in [-0.25, -0.2) is 4.79 Å². The van der Waals surface area contributed by atoms with E-state index in [-0.39, 0.29) is 5.97 Å². The van der Waals surface area contributed by atoms with Crippen LogP contribution >= 0.6 is 0 Å². The number of hydrogen-bond acceptors (Lipinski definition) is 3. The van der Waals surface area contributed by atoms with E-state index in [4.69, 9.17) is 10.5 Å². The maximum absolute atomic E-state index is 11.9. The van der Waals surface area contributed by atoms with Gasteiger partial charge in [-0.1, -0.05) is 19.8 Å². The van der Waals surface area contributed by atoms with Crippen LogP contribution in [0, 0.1) is 0 Å². The molecule has 2 N–H and O–H groups in total. The number of aromatic nitrogens is 1. The zero-order valence-electron chi connectivity index (χ0n) is 10.3. The summed E-state index contributed by atoms with van der Waals surface area (Å²) in [7, 11) is 0. The molecule has 94 valence electrons. The van der Waals surface area contributed by atoms with Crippen molar-refractivity contribution in [2.24, 2.45) is 0 Å². The first-order valence-electron chi connectivity index (χ1n) is 6.37. The van der Waals surface area contributed by atoms with Gasteiger partial charge < -0.3 is 15.0 Å². The van der Waals surface area contributed by atoms with Gasteiger partial charge >= 0.3 is 5.97 Å². The lowest BCUT2D eigenvalue weighted by Crippen LogP contribution is -2.11. The highest BCUT2D eigenvalue weighted by Gasteiger charge is 2.28. The minimum atomic E-state index is -0.246. The van der Waals surface area contributed by atoms with E-state index in [1.807, 2.05) is 10.8 Å². The summed E-state index contributed by atoms with van der Waals surface area (Å²) in [6, 6.07) is 2.16. The molecule has 1 aromatic rings. The van der Waals surface area contributed by atoms with Gasteiger partial charge in [-0.3, -0.25) is 0 Å². The molecule has 0 amide bonds. The molecular weight excluding hydrogens is 216 g/mol. The van der Waals surface area contributed by atoms with Crippen LogP contribution in [-0.4, -0.2) is 17.1 Å². The van der Waals surface area contributed by atoms with Crippen molar-refractivity contribution in [3.8, 4) is 0 Å². The maximum atomic E-state index is 11.9. The number of nitrogens with two attached hydrogens (primary N) is 1. The van der Waals surface area contributed by atoms with E-state index in [2.05, 4.69) is 6.92 Å². The third-order valence-electron chi connectivity index (χ3n) is 3.00. The molecular formula is C13H20N2O2. The Morgan fingerprint density at radius 1 is 1.53 bits per heavy atom. The second kappa shape index (κ2) is 5.25. The summed E-state index contributed by atoms with van der Waals surface area (Å²) in [5, 5.41) is 0. The predicted molar refractivity (Wildman–Crippen MR) is 66.9 cm³/mol. The van der Waals surface area contributed by atoms with E-state index in [1.165, 1.54) is 0 Å². The third kappa shape index (κ3) is 3.02. The van der Waals surface area contributed by atoms with Crippen molar-refractivity contribution in [3.63, 3.8) is 0 Å². The Bertz CT molecular complexity index is 394. The van der Waals surface area contributed by atoms with Crippen LogP contribution in [0.25, 0.3) is 0 Å². The van der Waals surface area contributed by atoms with Crippen LogP contribution in [0.1, 0.15) is 55.6 Å². The van der Waals surface area contributed by atoms with Gasteiger partial charge in [0.1, 0.15) is 5.69 Å². The average molecular weight is 236 g/mol. The van der Waals surface area contributed by atoms with E-state index in [1.54, 1.807) is 6.07 Å². The molecule has 0 bridgehead atoms. The van der Waals surface area contributed by atoms with Gasteiger partial charge in [0.2, 0.25) is 0 Å². The first kappa shape index (κ1) is 12.0. The molecule has 1 aliphatic rings. The molecule has 1 saturated carbocycles. The predicted octanol–water partition coefficient (Wildman–Crippen LogP) is 2.75. The molecule has 1 fully saturated rings. The summed E-state index contributed by atoms with van der Waals surface area (Å²) >= 11 is 0. The van der Waals surface area contributed by atoms with Gasteiger partial charge in [0.25, 0.3) is 0 Å². The summed E-state index contributed by atoms with van der Waals surface area (Å²) in [4.78, 5) is 11.9. The number of anilines is 1. The van der Waals surface area contributed by atoms with Gasteiger partial charge in [0.05, 0.1) is 12.3 Å². The lowest BCUT2D eigenvalue weighted by molar-refractivity contribution is 0.0485. The molecule has 1 aliphatic carbocycles. The van der Waals surface area contributed by atoms with Crippen LogP contribution in [0.2, 0.25) is 0 Å². The SMILES string of the molecule is CCCCCOC(=O)c1cc(N)cn1C1CC1. The molecule has 0 radical (unpaired) electrons. The lowest BCUT2D eigenvalue weighted by atomic mass is 10.3. The summed E-state index contributed by atoms with van der Waals surface area (Å²) in [5.41, 5.74) is 6.97. The second-order valence-corrected chi connectivity index (χ2v) is 4.64. The molecule has 4 heteroatoms. The quantitative estimate of drug-likeness (QED) is 0.610. The van der Waals surface area contributed by atoms with Crippen LogP contribution < -0.4 is 5.73 Å². The Labute approximate surface area is 102 Å². The average Bonchev–Trinajstić information content (AvgIpc) is 3.08. The van der Waals surface area contributed by atoms with Crippen LogP contribution in [0.3, 0.4) is 0 Å². The van der Waals surface area contributed by atoms with E-state index in [0.29, 0.717) is 24.0 Å². The van der Waals surface area contributed by atoms with Crippen molar-refractivity contribution >= 4 is 11.7 Å². The molecule has 0 aromatic carbocycles. The molecule has 1 aromatic heterocycles. The fraction of sp³-hybridized carbons (Fsp3) is 0.615. The van der Waals surface area contributed by atoms with E-state index in [0.717, 1.165) is 32.1 Å². The Balaban J connectivity index is 1.93. The van der Waals surface area contributed by atoms with Crippen LogP contribution in [0.15, 0.2) is 12.3 Å².